The first kappa shape index (κ1) is 11.1. The van der Waals surface area contributed by atoms with Crippen LogP contribution in [0.2, 0.25) is 0 Å². The van der Waals surface area contributed by atoms with Gasteiger partial charge < -0.3 is 4.74 Å². The molecule has 4 unspecified atom stereocenters. The van der Waals surface area contributed by atoms with Gasteiger partial charge >= 0.3 is 5.97 Å². The molecule has 2 fully saturated rings. The Morgan fingerprint density at radius 3 is 3.00 bits per heavy atom. The number of carbonyl (C=O) groups excluding carboxylic acids is 1. The average molecular weight is 232 g/mol. The summed E-state index contributed by atoms with van der Waals surface area (Å²) in [6, 6.07) is 0. The summed E-state index contributed by atoms with van der Waals surface area (Å²) < 4.78 is 5.25. The van der Waals surface area contributed by atoms with Gasteiger partial charge in [-0.25, -0.2) is 4.79 Å². The maximum atomic E-state index is 11.7. The lowest BCUT2D eigenvalue weighted by molar-refractivity contribution is -0.135. The highest BCUT2D eigenvalue weighted by Crippen LogP contribution is 2.51. The van der Waals surface area contributed by atoms with Gasteiger partial charge in [0.15, 0.2) is 0 Å². The van der Waals surface area contributed by atoms with E-state index in [1.807, 2.05) is 0 Å². The topological polar surface area (TPSA) is 26.3 Å². The molecule has 0 amide bonds. The number of cyclic esters (lactones) is 1. The summed E-state index contributed by atoms with van der Waals surface area (Å²) in [5, 5.41) is 0. The molecule has 0 aromatic carbocycles. The zero-order valence-electron chi connectivity index (χ0n) is 10.4. The Morgan fingerprint density at radius 1 is 1.41 bits per heavy atom. The molecule has 17 heavy (non-hydrogen) atoms. The van der Waals surface area contributed by atoms with E-state index in [9.17, 15) is 4.79 Å². The van der Waals surface area contributed by atoms with E-state index in [0.717, 1.165) is 17.9 Å². The van der Waals surface area contributed by atoms with Crippen LogP contribution in [0.4, 0.5) is 0 Å². The van der Waals surface area contributed by atoms with Crippen molar-refractivity contribution in [3.8, 4) is 0 Å². The third-order valence-corrected chi connectivity index (χ3v) is 4.89. The van der Waals surface area contributed by atoms with E-state index in [4.69, 9.17) is 4.74 Å². The van der Waals surface area contributed by atoms with Crippen molar-refractivity contribution in [2.75, 3.05) is 6.61 Å². The van der Waals surface area contributed by atoms with Crippen molar-refractivity contribution >= 4 is 5.97 Å². The normalized spacial score (nSPS) is 40.1. The van der Waals surface area contributed by atoms with Crippen molar-refractivity contribution in [2.24, 2.45) is 23.7 Å². The number of hydrogen-bond acceptors (Lipinski definition) is 2. The van der Waals surface area contributed by atoms with Crippen LogP contribution in [0.15, 0.2) is 23.8 Å². The van der Waals surface area contributed by atoms with E-state index < -0.39 is 0 Å². The fourth-order valence-corrected chi connectivity index (χ4v) is 4.12. The monoisotopic (exact) mass is 232 g/mol. The molecule has 4 atom stereocenters. The molecule has 2 nitrogen and oxygen atoms in total. The van der Waals surface area contributed by atoms with E-state index in [1.54, 1.807) is 0 Å². The van der Waals surface area contributed by atoms with E-state index in [0.29, 0.717) is 24.4 Å². The first-order chi connectivity index (χ1) is 8.18. The second-order valence-electron chi connectivity index (χ2n) is 5.81. The average Bonchev–Trinajstić information content (AvgIpc) is 2.80. The third-order valence-electron chi connectivity index (χ3n) is 4.89. The molecule has 1 saturated carbocycles. The van der Waals surface area contributed by atoms with Gasteiger partial charge in [0.05, 0.1) is 6.61 Å². The van der Waals surface area contributed by atoms with Crippen LogP contribution < -0.4 is 0 Å². The number of ether oxygens (including phenoxy) is 1. The molecule has 1 saturated heterocycles. The van der Waals surface area contributed by atoms with Gasteiger partial charge in [-0.05, 0) is 50.4 Å². The summed E-state index contributed by atoms with van der Waals surface area (Å²) in [4.78, 5) is 11.7. The molecule has 0 N–H and O–H groups in total. The molecule has 3 rings (SSSR count). The van der Waals surface area contributed by atoms with Gasteiger partial charge in [0.2, 0.25) is 0 Å². The minimum Gasteiger partial charge on any atom is -0.462 e. The molecular weight excluding hydrogens is 212 g/mol. The van der Waals surface area contributed by atoms with Crippen LogP contribution in [0.3, 0.4) is 0 Å². The van der Waals surface area contributed by atoms with E-state index in [-0.39, 0.29) is 5.97 Å². The minimum atomic E-state index is -0.0667. The largest absolute Gasteiger partial charge is 0.462 e. The predicted molar refractivity (Wildman–Crippen MR) is 66.3 cm³/mol. The third kappa shape index (κ3) is 1.65. The van der Waals surface area contributed by atoms with Gasteiger partial charge in [-0.3, -0.25) is 0 Å². The lowest BCUT2D eigenvalue weighted by Gasteiger charge is -2.28. The first-order valence-electron chi connectivity index (χ1n) is 6.71. The second kappa shape index (κ2) is 4.01. The number of esters is 1. The van der Waals surface area contributed by atoms with Crippen LogP contribution in [-0.4, -0.2) is 12.6 Å². The summed E-state index contributed by atoms with van der Waals surface area (Å²) in [5.74, 6) is 2.25. The first-order valence-corrected chi connectivity index (χ1v) is 6.71. The molecule has 0 aromatic rings. The summed E-state index contributed by atoms with van der Waals surface area (Å²) in [7, 11) is 0. The van der Waals surface area contributed by atoms with Gasteiger partial charge in [-0.15, -0.1) is 0 Å². The maximum Gasteiger partial charge on any atom is 0.334 e. The molecule has 92 valence electrons. The van der Waals surface area contributed by atoms with Gasteiger partial charge in [0, 0.05) is 11.5 Å². The molecule has 2 aliphatic carbocycles. The summed E-state index contributed by atoms with van der Waals surface area (Å²) in [5.41, 5.74) is 2.25. The zero-order valence-corrected chi connectivity index (χ0v) is 10.4. The predicted octanol–water partition coefficient (Wildman–Crippen LogP) is 3.10. The van der Waals surface area contributed by atoms with Crippen molar-refractivity contribution in [3.63, 3.8) is 0 Å². The van der Waals surface area contributed by atoms with Gasteiger partial charge in [0.1, 0.15) is 0 Å². The van der Waals surface area contributed by atoms with E-state index in [1.165, 1.54) is 24.8 Å². The Hall–Kier alpha value is -1.05. The molecule has 0 spiro atoms. The standard InChI is InChI=1S/C15H20O2/c1-9(2)11-7-6-10-4-3-5-12-13(14(10)11)8-17-15(12)16/h5,10-11,13-14H,1,3-4,6-8H2,2H3. The lowest BCUT2D eigenvalue weighted by Crippen LogP contribution is -2.25. The van der Waals surface area contributed by atoms with Crippen LogP contribution >= 0.6 is 0 Å². The zero-order chi connectivity index (χ0) is 12.0. The van der Waals surface area contributed by atoms with Crippen molar-refractivity contribution < 1.29 is 9.53 Å². The summed E-state index contributed by atoms with van der Waals surface area (Å²) in [6.45, 7) is 6.89. The number of fused-ring (bicyclic) bond motifs is 3. The van der Waals surface area contributed by atoms with Crippen molar-refractivity contribution in [1.82, 2.24) is 0 Å². The molecule has 1 aliphatic heterocycles. The molecular formula is C15H20O2. The Morgan fingerprint density at radius 2 is 2.24 bits per heavy atom. The number of rotatable bonds is 1. The van der Waals surface area contributed by atoms with Crippen LogP contribution in [-0.2, 0) is 9.53 Å². The molecule has 2 heteroatoms. The fraction of sp³-hybridized carbons (Fsp3) is 0.667. The molecule has 1 heterocycles. The van der Waals surface area contributed by atoms with Crippen molar-refractivity contribution in [3.05, 3.63) is 23.8 Å². The summed E-state index contributed by atoms with van der Waals surface area (Å²) in [6.07, 6.45) is 6.97. The molecule has 0 bridgehead atoms. The number of hydrogen-bond donors (Lipinski definition) is 0. The highest BCUT2D eigenvalue weighted by Gasteiger charge is 2.47. The Balaban J connectivity index is 1.95. The van der Waals surface area contributed by atoms with Gasteiger partial charge in [-0.2, -0.15) is 0 Å². The minimum absolute atomic E-state index is 0.0667. The number of allylic oxidation sites excluding steroid dienone is 2. The maximum absolute atomic E-state index is 11.7. The van der Waals surface area contributed by atoms with Crippen LogP contribution in [0, 0.1) is 23.7 Å². The molecule has 0 aromatic heterocycles. The Labute approximate surface area is 103 Å². The van der Waals surface area contributed by atoms with E-state index >= 15 is 0 Å². The van der Waals surface area contributed by atoms with E-state index in [2.05, 4.69) is 19.6 Å². The van der Waals surface area contributed by atoms with Crippen molar-refractivity contribution in [2.45, 2.75) is 32.6 Å². The molecule has 3 aliphatic rings. The lowest BCUT2D eigenvalue weighted by atomic mass is 9.75. The fourth-order valence-electron chi connectivity index (χ4n) is 4.12. The van der Waals surface area contributed by atoms with Crippen LogP contribution in [0.1, 0.15) is 32.6 Å². The Bertz CT molecular complexity index is 394. The van der Waals surface area contributed by atoms with Crippen molar-refractivity contribution in [1.29, 1.82) is 0 Å². The van der Waals surface area contributed by atoms with Gasteiger partial charge in [-0.1, -0.05) is 18.2 Å². The van der Waals surface area contributed by atoms with Crippen LogP contribution in [0.25, 0.3) is 0 Å². The smallest absolute Gasteiger partial charge is 0.334 e. The molecule has 0 radical (unpaired) electrons. The summed E-state index contributed by atoms with van der Waals surface area (Å²) >= 11 is 0. The van der Waals surface area contributed by atoms with Crippen LogP contribution in [0.5, 0.6) is 0 Å². The van der Waals surface area contributed by atoms with Gasteiger partial charge in [0.25, 0.3) is 0 Å². The second-order valence-corrected chi connectivity index (χ2v) is 5.81. The Kier molecular flexibility index (Phi) is 2.61. The number of carbonyl (C=O) groups is 1. The SMILES string of the molecule is C=C(C)C1CCC2CCC=C3C(=O)OCC3C21. The quantitative estimate of drug-likeness (QED) is 0.513. The highest BCUT2D eigenvalue weighted by molar-refractivity contribution is 5.91. The highest BCUT2D eigenvalue weighted by atomic mass is 16.5.